The molecule has 2 heterocycles. The molecule has 0 unspecified atom stereocenters. The highest BCUT2D eigenvalue weighted by atomic mass is 19.4. The van der Waals surface area contributed by atoms with Gasteiger partial charge in [-0.2, -0.15) is 0 Å². The fraction of sp³-hybridized carbons (Fsp3) is 0.263. The van der Waals surface area contributed by atoms with E-state index in [0.717, 1.165) is 23.5 Å². The van der Waals surface area contributed by atoms with Crippen LogP contribution in [0.2, 0.25) is 0 Å². The van der Waals surface area contributed by atoms with Crippen LogP contribution in [0.1, 0.15) is 24.7 Å². The minimum atomic E-state index is -4.84. The number of hydrogen-bond acceptors (Lipinski definition) is 3. The van der Waals surface area contributed by atoms with Gasteiger partial charge in [0.2, 0.25) is 0 Å². The lowest BCUT2D eigenvalue weighted by atomic mass is 10.2. The molecule has 1 atom stereocenters. The highest BCUT2D eigenvalue weighted by Gasteiger charge is 2.34. The van der Waals surface area contributed by atoms with Crippen LogP contribution in [0, 0.1) is 0 Å². The summed E-state index contributed by atoms with van der Waals surface area (Å²) in [6.45, 7) is 0.482. The average molecular weight is 390 g/mol. The highest BCUT2D eigenvalue weighted by Crippen LogP contribution is 2.34. The molecule has 0 radical (unpaired) electrons. The summed E-state index contributed by atoms with van der Waals surface area (Å²) in [5.41, 5.74) is 1.63. The predicted octanol–water partition coefficient (Wildman–Crippen LogP) is 4.83. The van der Waals surface area contributed by atoms with Crippen molar-refractivity contribution in [3.63, 3.8) is 0 Å². The second-order valence-electron chi connectivity index (χ2n) is 6.46. The number of rotatable bonds is 3. The van der Waals surface area contributed by atoms with Gasteiger partial charge in [-0.05, 0) is 37.1 Å². The minimum absolute atomic E-state index is 0.0416. The fourth-order valence-electron chi connectivity index (χ4n) is 3.40. The van der Waals surface area contributed by atoms with Crippen molar-refractivity contribution in [1.29, 1.82) is 0 Å². The van der Waals surface area contributed by atoms with Crippen molar-refractivity contribution in [2.75, 3.05) is 11.9 Å². The van der Waals surface area contributed by atoms with Crippen molar-refractivity contribution < 1.29 is 22.7 Å². The number of fused-ring (bicyclic) bond motifs is 1. The Balaban J connectivity index is 1.55. The van der Waals surface area contributed by atoms with Crippen molar-refractivity contribution in [2.24, 2.45) is 0 Å². The number of urea groups is 1. The molecule has 0 bridgehead atoms. The lowest BCUT2D eigenvalue weighted by Gasteiger charge is -2.24. The number of amides is 2. The van der Waals surface area contributed by atoms with E-state index in [2.05, 4.69) is 20.0 Å². The minimum Gasteiger partial charge on any atom is -0.404 e. The number of anilines is 1. The molecule has 1 fully saturated rings. The van der Waals surface area contributed by atoms with E-state index in [4.69, 9.17) is 0 Å². The summed E-state index contributed by atoms with van der Waals surface area (Å²) in [6.07, 6.45) is -3.35. The number of aromatic nitrogens is 2. The second-order valence-corrected chi connectivity index (χ2v) is 6.46. The van der Waals surface area contributed by atoms with Gasteiger partial charge in [0.25, 0.3) is 0 Å². The summed E-state index contributed by atoms with van der Waals surface area (Å²) in [5.74, 6) is 0.205. The maximum Gasteiger partial charge on any atom is 0.573 e. The summed E-state index contributed by atoms with van der Waals surface area (Å²) >= 11 is 0. The van der Waals surface area contributed by atoms with E-state index in [9.17, 15) is 18.0 Å². The zero-order valence-electron chi connectivity index (χ0n) is 14.7. The largest absolute Gasteiger partial charge is 0.573 e. The van der Waals surface area contributed by atoms with Crippen LogP contribution in [0.4, 0.5) is 23.7 Å². The number of ether oxygens (including phenoxy) is 1. The molecular weight excluding hydrogens is 373 g/mol. The molecule has 1 aromatic heterocycles. The van der Waals surface area contributed by atoms with Crippen LogP contribution in [-0.2, 0) is 0 Å². The van der Waals surface area contributed by atoms with E-state index in [0.29, 0.717) is 18.8 Å². The smallest absolute Gasteiger partial charge is 0.404 e. The summed E-state index contributed by atoms with van der Waals surface area (Å²) in [4.78, 5) is 22.1. The van der Waals surface area contributed by atoms with Crippen molar-refractivity contribution in [3.05, 3.63) is 54.4 Å². The van der Waals surface area contributed by atoms with Crippen LogP contribution in [0.3, 0.4) is 0 Å². The van der Waals surface area contributed by atoms with E-state index in [-0.39, 0.29) is 11.7 Å². The van der Waals surface area contributed by atoms with Gasteiger partial charge in [-0.15, -0.1) is 13.2 Å². The third-order valence-corrected chi connectivity index (χ3v) is 4.59. The number of benzene rings is 2. The number of para-hydroxylation sites is 4. The molecule has 0 aliphatic carbocycles. The number of halogens is 3. The van der Waals surface area contributed by atoms with E-state index in [1.807, 2.05) is 24.3 Å². The summed E-state index contributed by atoms with van der Waals surface area (Å²) in [7, 11) is 0. The van der Waals surface area contributed by atoms with Gasteiger partial charge in [0.1, 0.15) is 5.82 Å². The normalized spacial score (nSPS) is 17.1. The second kappa shape index (κ2) is 7.06. The van der Waals surface area contributed by atoms with Crippen LogP contribution in [0.25, 0.3) is 11.0 Å². The first-order valence-electron chi connectivity index (χ1n) is 8.78. The molecule has 2 amide bonds. The van der Waals surface area contributed by atoms with E-state index >= 15 is 0 Å². The molecule has 1 aliphatic heterocycles. The first kappa shape index (κ1) is 18.1. The number of carbonyl (C=O) groups is 1. The molecule has 0 spiro atoms. The molecule has 4 rings (SSSR count). The number of H-pyrrole nitrogens is 1. The van der Waals surface area contributed by atoms with Crippen molar-refractivity contribution in [1.82, 2.24) is 14.9 Å². The van der Waals surface area contributed by atoms with Crippen molar-refractivity contribution in [2.45, 2.75) is 25.2 Å². The quantitative estimate of drug-likeness (QED) is 0.673. The molecular formula is C19H17F3N4O2. The number of carbonyl (C=O) groups excluding carboxylic acids is 1. The van der Waals surface area contributed by atoms with Crippen LogP contribution < -0.4 is 10.1 Å². The summed E-state index contributed by atoms with van der Waals surface area (Å²) in [5, 5.41) is 2.53. The Kier molecular flexibility index (Phi) is 4.58. The maximum absolute atomic E-state index is 12.8. The van der Waals surface area contributed by atoms with Crippen LogP contribution in [0.5, 0.6) is 5.75 Å². The molecule has 28 heavy (non-hydrogen) atoms. The number of aromatic amines is 1. The Morgan fingerprint density at radius 2 is 1.93 bits per heavy atom. The standard InChI is InChI=1S/C19H17F3N4O2/c20-19(21,22)28-16-10-4-3-8-14(16)25-18(27)26-11-5-9-15(26)17-23-12-6-1-2-7-13(12)24-17/h1-4,6-8,10,15H,5,9,11H2,(H,23,24)(H,25,27)/t15-/m0/s1. The number of nitrogens with zero attached hydrogens (tertiary/aromatic N) is 2. The number of alkyl halides is 3. The monoisotopic (exact) mass is 390 g/mol. The van der Waals surface area contributed by atoms with E-state index < -0.39 is 18.1 Å². The zero-order valence-corrected chi connectivity index (χ0v) is 14.7. The molecule has 9 heteroatoms. The first-order valence-corrected chi connectivity index (χ1v) is 8.78. The Bertz CT molecular complexity index is 969. The SMILES string of the molecule is O=C(Nc1ccccc1OC(F)(F)F)N1CCC[C@H]1c1nc2ccccc2[nH]1. The number of imidazole rings is 1. The maximum atomic E-state index is 12.8. The predicted molar refractivity (Wildman–Crippen MR) is 96.9 cm³/mol. The highest BCUT2D eigenvalue weighted by molar-refractivity contribution is 5.91. The molecule has 146 valence electrons. The Morgan fingerprint density at radius 1 is 1.18 bits per heavy atom. The van der Waals surface area contributed by atoms with Crippen LogP contribution >= 0.6 is 0 Å². The van der Waals surface area contributed by atoms with Gasteiger partial charge in [-0.25, -0.2) is 9.78 Å². The lowest BCUT2D eigenvalue weighted by molar-refractivity contribution is -0.274. The first-order chi connectivity index (χ1) is 13.4. The molecule has 0 saturated carbocycles. The van der Waals surface area contributed by atoms with Gasteiger partial charge >= 0.3 is 12.4 Å². The van der Waals surface area contributed by atoms with Gasteiger partial charge in [0.15, 0.2) is 5.75 Å². The molecule has 6 nitrogen and oxygen atoms in total. The van der Waals surface area contributed by atoms with Gasteiger partial charge in [0, 0.05) is 6.54 Å². The topological polar surface area (TPSA) is 70.2 Å². The Hall–Kier alpha value is -3.23. The lowest BCUT2D eigenvalue weighted by Crippen LogP contribution is -2.35. The molecule has 3 aromatic rings. The van der Waals surface area contributed by atoms with Crippen LogP contribution in [-0.4, -0.2) is 33.8 Å². The summed E-state index contributed by atoms with van der Waals surface area (Å²) < 4.78 is 41.8. The molecule has 1 saturated heterocycles. The van der Waals surface area contributed by atoms with Gasteiger partial charge in [-0.1, -0.05) is 24.3 Å². The number of hydrogen-bond donors (Lipinski definition) is 2. The zero-order chi connectivity index (χ0) is 19.7. The van der Waals surface area contributed by atoms with Gasteiger partial charge in [-0.3, -0.25) is 0 Å². The third kappa shape index (κ3) is 3.73. The van der Waals surface area contributed by atoms with Gasteiger partial charge < -0.3 is 19.9 Å². The molecule has 2 aromatic carbocycles. The van der Waals surface area contributed by atoms with E-state index in [1.54, 1.807) is 4.90 Å². The molecule has 2 N–H and O–H groups in total. The fourth-order valence-corrected chi connectivity index (χ4v) is 3.40. The number of nitrogens with one attached hydrogen (secondary N) is 2. The summed E-state index contributed by atoms with van der Waals surface area (Å²) in [6, 6.07) is 12.2. The Morgan fingerprint density at radius 3 is 2.71 bits per heavy atom. The van der Waals surface area contributed by atoms with Crippen molar-refractivity contribution >= 4 is 22.8 Å². The van der Waals surface area contributed by atoms with Crippen LogP contribution in [0.15, 0.2) is 48.5 Å². The average Bonchev–Trinajstić information content (AvgIpc) is 3.28. The van der Waals surface area contributed by atoms with Crippen molar-refractivity contribution in [3.8, 4) is 5.75 Å². The molecule has 1 aliphatic rings. The van der Waals surface area contributed by atoms with E-state index in [1.165, 1.54) is 18.2 Å². The Labute approximate surface area is 158 Å². The number of likely N-dealkylation sites (tertiary alicyclic amines) is 1. The third-order valence-electron chi connectivity index (χ3n) is 4.59. The van der Waals surface area contributed by atoms with Gasteiger partial charge in [0.05, 0.1) is 22.8 Å².